The third kappa shape index (κ3) is 1.88. The Bertz CT molecular complexity index is 921. The van der Waals surface area contributed by atoms with Gasteiger partial charge in [-0.25, -0.2) is 4.52 Å². The predicted molar refractivity (Wildman–Crippen MR) is 83.0 cm³/mol. The number of aromatic nitrogens is 3. The van der Waals surface area contributed by atoms with E-state index in [-0.39, 0.29) is 6.04 Å². The van der Waals surface area contributed by atoms with Gasteiger partial charge in [0.05, 0.1) is 24.0 Å². The third-order valence-electron chi connectivity index (χ3n) is 3.85. The van der Waals surface area contributed by atoms with Crippen molar-refractivity contribution in [2.45, 2.75) is 6.04 Å². The molecule has 4 nitrogen and oxygen atoms in total. The summed E-state index contributed by atoms with van der Waals surface area (Å²) in [5, 5.41) is 6.71. The second-order valence-electron chi connectivity index (χ2n) is 5.05. The fourth-order valence-electron chi connectivity index (χ4n) is 2.78. The Labute approximate surface area is 121 Å². The van der Waals surface area contributed by atoms with Crippen molar-refractivity contribution in [3.8, 4) is 0 Å². The van der Waals surface area contributed by atoms with Gasteiger partial charge in [-0.15, -0.1) is 0 Å². The van der Waals surface area contributed by atoms with Crippen LogP contribution < -0.4 is 5.73 Å². The topological polar surface area (TPSA) is 56.2 Å². The van der Waals surface area contributed by atoms with Crippen LogP contribution in [0, 0.1) is 0 Å². The molecule has 2 aromatic carbocycles. The number of fused-ring (bicyclic) bond motifs is 2. The Kier molecular flexibility index (Phi) is 2.69. The van der Waals surface area contributed by atoms with Crippen LogP contribution >= 0.6 is 0 Å². The number of nitrogens with zero attached hydrogens (tertiary/aromatic N) is 3. The summed E-state index contributed by atoms with van der Waals surface area (Å²) in [6.45, 7) is 0. The maximum Gasteiger partial charge on any atom is 0.0896 e. The van der Waals surface area contributed by atoms with E-state index in [4.69, 9.17) is 5.73 Å². The zero-order valence-corrected chi connectivity index (χ0v) is 11.3. The molecule has 2 heterocycles. The minimum Gasteiger partial charge on any atom is -0.320 e. The minimum absolute atomic E-state index is 0.224. The maximum absolute atomic E-state index is 6.51. The fourth-order valence-corrected chi connectivity index (χ4v) is 2.78. The van der Waals surface area contributed by atoms with Gasteiger partial charge < -0.3 is 5.73 Å². The lowest BCUT2D eigenvalue weighted by Crippen LogP contribution is -2.12. The Hall–Kier alpha value is -2.72. The highest BCUT2D eigenvalue weighted by Gasteiger charge is 2.16. The van der Waals surface area contributed by atoms with Crippen molar-refractivity contribution in [1.82, 2.24) is 14.6 Å². The highest BCUT2D eigenvalue weighted by Crippen LogP contribution is 2.29. The van der Waals surface area contributed by atoms with Gasteiger partial charge in [-0.3, -0.25) is 4.98 Å². The summed E-state index contributed by atoms with van der Waals surface area (Å²) in [4.78, 5) is 4.17. The number of hydrogen-bond donors (Lipinski definition) is 1. The van der Waals surface area contributed by atoms with Crippen molar-refractivity contribution in [3.05, 3.63) is 78.4 Å². The van der Waals surface area contributed by atoms with Crippen LogP contribution in [0.5, 0.6) is 0 Å². The summed E-state index contributed by atoms with van der Waals surface area (Å²) in [6.07, 6.45) is 7.17. The first-order chi connectivity index (χ1) is 10.3. The Balaban J connectivity index is 1.92. The van der Waals surface area contributed by atoms with E-state index < -0.39 is 0 Å². The first-order valence-electron chi connectivity index (χ1n) is 6.85. The van der Waals surface area contributed by atoms with Crippen LogP contribution in [0.15, 0.2) is 67.3 Å². The molecular weight excluding hydrogens is 260 g/mol. The molecule has 0 radical (unpaired) electrons. The van der Waals surface area contributed by atoms with E-state index in [0.29, 0.717) is 0 Å². The lowest BCUT2D eigenvalue weighted by Gasteiger charge is -2.14. The molecule has 1 unspecified atom stereocenters. The molecule has 4 heteroatoms. The number of benzene rings is 2. The molecule has 102 valence electrons. The van der Waals surface area contributed by atoms with Gasteiger partial charge in [0.2, 0.25) is 0 Å². The molecule has 4 rings (SSSR count). The number of hydrogen-bond acceptors (Lipinski definition) is 3. The van der Waals surface area contributed by atoms with Gasteiger partial charge in [-0.2, -0.15) is 5.10 Å². The van der Waals surface area contributed by atoms with E-state index in [9.17, 15) is 0 Å². The quantitative estimate of drug-likeness (QED) is 0.611. The molecule has 0 aliphatic heterocycles. The molecule has 1 atom stereocenters. The van der Waals surface area contributed by atoms with Crippen molar-refractivity contribution in [2.75, 3.05) is 0 Å². The predicted octanol–water partition coefficient (Wildman–Crippen LogP) is 2.93. The molecule has 0 spiro atoms. The lowest BCUT2D eigenvalue weighted by molar-refractivity contribution is 0.889. The van der Waals surface area contributed by atoms with Crippen molar-refractivity contribution >= 4 is 16.3 Å². The maximum atomic E-state index is 6.51. The second kappa shape index (κ2) is 4.68. The van der Waals surface area contributed by atoms with Crippen LogP contribution in [-0.4, -0.2) is 14.6 Å². The lowest BCUT2D eigenvalue weighted by atomic mass is 9.95. The summed E-state index contributed by atoms with van der Waals surface area (Å²) >= 11 is 0. The zero-order valence-electron chi connectivity index (χ0n) is 11.3. The first-order valence-corrected chi connectivity index (χ1v) is 6.85. The van der Waals surface area contributed by atoms with E-state index >= 15 is 0 Å². The van der Waals surface area contributed by atoms with Crippen LogP contribution in [0.4, 0.5) is 0 Å². The monoisotopic (exact) mass is 274 g/mol. The van der Waals surface area contributed by atoms with E-state index in [2.05, 4.69) is 34.3 Å². The molecule has 21 heavy (non-hydrogen) atoms. The smallest absolute Gasteiger partial charge is 0.0896 e. The minimum atomic E-state index is -0.224. The van der Waals surface area contributed by atoms with Gasteiger partial charge in [0, 0.05) is 18.0 Å². The second-order valence-corrected chi connectivity index (χ2v) is 5.05. The average Bonchev–Trinajstić information content (AvgIpc) is 2.98. The fraction of sp³-hybridized carbons (Fsp3) is 0.0588. The SMILES string of the molecule is NC(c1cccc2ccccc12)c1cnn2ccncc12. The largest absolute Gasteiger partial charge is 0.320 e. The molecule has 0 fully saturated rings. The molecule has 0 bridgehead atoms. The van der Waals surface area contributed by atoms with E-state index in [1.54, 1.807) is 16.9 Å². The highest BCUT2D eigenvalue weighted by molar-refractivity contribution is 5.86. The molecule has 0 amide bonds. The molecule has 0 saturated heterocycles. The van der Waals surface area contributed by atoms with Crippen molar-refractivity contribution in [3.63, 3.8) is 0 Å². The Morgan fingerprint density at radius 1 is 0.952 bits per heavy atom. The molecular formula is C17H14N4. The number of rotatable bonds is 2. The molecule has 0 saturated carbocycles. The summed E-state index contributed by atoms with van der Waals surface area (Å²) in [7, 11) is 0. The van der Waals surface area contributed by atoms with E-state index in [1.165, 1.54) is 10.8 Å². The average molecular weight is 274 g/mol. The molecule has 2 aromatic heterocycles. The molecule has 4 aromatic rings. The van der Waals surface area contributed by atoms with Crippen molar-refractivity contribution in [1.29, 1.82) is 0 Å². The molecule has 0 aliphatic carbocycles. The summed E-state index contributed by atoms with van der Waals surface area (Å²) in [5.41, 5.74) is 9.54. The van der Waals surface area contributed by atoms with Crippen LogP contribution in [0.1, 0.15) is 17.2 Å². The third-order valence-corrected chi connectivity index (χ3v) is 3.85. The highest BCUT2D eigenvalue weighted by atomic mass is 15.2. The van der Waals surface area contributed by atoms with Gasteiger partial charge in [0.15, 0.2) is 0 Å². The van der Waals surface area contributed by atoms with Gasteiger partial charge >= 0.3 is 0 Å². The van der Waals surface area contributed by atoms with Crippen LogP contribution in [0.2, 0.25) is 0 Å². The van der Waals surface area contributed by atoms with Gasteiger partial charge in [0.1, 0.15) is 0 Å². The first kappa shape index (κ1) is 12.1. The Morgan fingerprint density at radius 3 is 2.76 bits per heavy atom. The van der Waals surface area contributed by atoms with Crippen molar-refractivity contribution < 1.29 is 0 Å². The van der Waals surface area contributed by atoms with Gasteiger partial charge in [0.25, 0.3) is 0 Å². The Morgan fingerprint density at radius 2 is 1.81 bits per heavy atom. The summed E-state index contributed by atoms with van der Waals surface area (Å²) < 4.78 is 1.80. The van der Waals surface area contributed by atoms with Crippen LogP contribution in [-0.2, 0) is 0 Å². The molecule has 2 N–H and O–H groups in total. The normalized spacial score (nSPS) is 12.8. The van der Waals surface area contributed by atoms with Gasteiger partial charge in [-0.05, 0) is 16.3 Å². The van der Waals surface area contributed by atoms with Crippen LogP contribution in [0.3, 0.4) is 0 Å². The summed E-state index contributed by atoms with van der Waals surface area (Å²) in [5.74, 6) is 0. The van der Waals surface area contributed by atoms with Crippen molar-refractivity contribution in [2.24, 2.45) is 5.73 Å². The van der Waals surface area contributed by atoms with Crippen LogP contribution in [0.25, 0.3) is 16.3 Å². The molecule has 0 aliphatic rings. The standard InChI is InChI=1S/C17H14N4/c18-17(15-10-20-21-9-8-19-11-16(15)21)14-7-3-5-12-4-1-2-6-13(12)14/h1-11,17H,18H2. The number of nitrogens with two attached hydrogens (primary N) is 1. The van der Waals surface area contributed by atoms with E-state index in [0.717, 1.165) is 16.6 Å². The van der Waals surface area contributed by atoms with E-state index in [1.807, 2.05) is 30.6 Å². The zero-order chi connectivity index (χ0) is 14.2. The summed E-state index contributed by atoms with van der Waals surface area (Å²) in [6, 6.07) is 14.3. The van der Waals surface area contributed by atoms with Gasteiger partial charge in [-0.1, -0.05) is 42.5 Å².